The molecule has 0 radical (unpaired) electrons. The van der Waals surface area contributed by atoms with E-state index < -0.39 is 11.2 Å². The Balaban J connectivity index is 1.93. The van der Waals surface area contributed by atoms with E-state index in [1.54, 1.807) is 31.7 Å². The molecule has 0 spiro atoms. The van der Waals surface area contributed by atoms with Gasteiger partial charge in [-0.1, -0.05) is 17.7 Å². The molecule has 4 rings (SSSR count). The van der Waals surface area contributed by atoms with Gasteiger partial charge in [0.2, 0.25) is 0 Å². The van der Waals surface area contributed by atoms with Gasteiger partial charge >= 0.3 is 5.69 Å². The molecule has 3 aromatic heterocycles. The highest BCUT2D eigenvalue weighted by molar-refractivity contribution is 6.35. The summed E-state index contributed by atoms with van der Waals surface area (Å²) in [6.07, 6.45) is 0. The summed E-state index contributed by atoms with van der Waals surface area (Å²) in [6, 6.07) is 7.02. The van der Waals surface area contributed by atoms with Crippen molar-refractivity contribution >= 4 is 33.7 Å². The van der Waals surface area contributed by atoms with E-state index in [0.717, 1.165) is 10.9 Å². The Labute approximate surface area is 158 Å². The molecular formula is C18H19ClN6O2. The zero-order valence-electron chi connectivity index (χ0n) is 15.2. The number of hydrogen-bond donors (Lipinski definition) is 2. The summed E-state index contributed by atoms with van der Waals surface area (Å²) in [7, 11) is 3.33. The summed E-state index contributed by atoms with van der Waals surface area (Å²) < 4.78 is 4.21. The second-order valence-corrected chi connectivity index (χ2v) is 7.13. The van der Waals surface area contributed by atoms with Crippen LogP contribution in [-0.4, -0.2) is 23.7 Å². The second kappa shape index (κ2) is 6.11. The van der Waals surface area contributed by atoms with Crippen LogP contribution < -0.4 is 17.0 Å². The van der Waals surface area contributed by atoms with Crippen LogP contribution in [0, 0.1) is 0 Å². The molecule has 3 N–H and O–H groups in total. The second-order valence-electron chi connectivity index (χ2n) is 6.72. The first-order chi connectivity index (χ1) is 12.8. The van der Waals surface area contributed by atoms with Crippen LogP contribution in [0.2, 0.25) is 5.02 Å². The zero-order chi connectivity index (χ0) is 19.5. The van der Waals surface area contributed by atoms with Crippen LogP contribution in [0.4, 0.5) is 0 Å². The minimum absolute atomic E-state index is 0.102. The zero-order valence-corrected chi connectivity index (χ0v) is 15.9. The highest BCUT2D eigenvalue weighted by Crippen LogP contribution is 2.24. The van der Waals surface area contributed by atoms with E-state index in [0.29, 0.717) is 27.7 Å². The predicted octanol–water partition coefficient (Wildman–Crippen LogP) is 1.64. The molecule has 27 heavy (non-hydrogen) atoms. The van der Waals surface area contributed by atoms with Crippen molar-refractivity contribution < 1.29 is 0 Å². The molecule has 0 bridgehead atoms. The molecule has 0 amide bonds. The molecule has 0 saturated carbocycles. The molecule has 0 aliphatic rings. The summed E-state index contributed by atoms with van der Waals surface area (Å²) >= 11 is 6.21. The van der Waals surface area contributed by atoms with Crippen LogP contribution in [0.15, 0.2) is 33.9 Å². The highest BCUT2D eigenvalue weighted by atomic mass is 35.5. The van der Waals surface area contributed by atoms with Crippen LogP contribution in [0.25, 0.3) is 22.1 Å². The number of aryl methyl sites for hydroxylation is 2. The highest BCUT2D eigenvalue weighted by Gasteiger charge is 2.20. The smallest absolute Gasteiger partial charge is 0.332 e. The Morgan fingerprint density at radius 2 is 2.00 bits per heavy atom. The van der Waals surface area contributed by atoms with Crippen molar-refractivity contribution in [3.05, 3.63) is 61.6 Å². The third-order valence-electron chi connectivity index (χ3n) is 4.80. The van der Waals surface area contributed by atoms with Gasteiger partial charge in [0.25, 0.3) is 5.56 Å². The first-order valence-electron chi connectivity index (χ1n) is 8.47. The molecule has 0 fully saturated rings. The van der Waals surface area contributed by atoms with Gasteiger partial charge in [-0.15, -0.1) is 0 Å². The lowest BCUT2D eigenvalue weighted by molar-refractivity contribution is 0.647. The monoisotopic (exact) mass is 386 g/mol. The molecule has 3 heterocycles. The van der Waals surface area contributed by atoms with E-state index in [-0.39, 0.29) is 12.6 Å². The fourth-order valence-corrected chi connectivity index (χ4v) is 3.67. The van der Waals surface area contributed by atoms with Crippen molar-refractivity contribution in [2.24, 2.45) is 19.8 Å². The van der Waals surface area contributed by atoms with E-state index >= 15 is 0 Å². The molecular weight excluding hydrogens is 368 g/mol. The van der Waals surface area contributed by atoms with Crippen LogP contribution in [0.1, 0.15) is 24.5 Å². The van der Waals surface area contributed by atoms with Gasteiger partial charge in [-0.05, 0) is 25.1 Å². The van der Waals surface area contributed by atoms with E-state index in [4.69, 9.17) is 17.3 Å². The maximum Gasteiger partial charge on any atom is 0.332 e. The van der Waals surface area contributed by atoms with Gasteiger partial charge in [-0.25, -0.2) is 9.78 Å². The maximum absolute atomic E-state index is 13.1. The average molecular weight is 387 g/mol. The van der Waals surface area contributed by atoms with Crippen molar-refractivity contribution in [2.45, 2.75) is 19.5 Å². The number of aromatic amines is 1. The minimum atomic E-state index is -0.438. The Kier molecular flexibility index (Phi) is 3.97. The molecule has 1 atom stereocenters. The number of nitrogens with one attached hydrogen (secondary N) is 1. The molecule has 140 valence electrons. The van der Waals surface area contributed by atoms with Crippen molar-refractivity contribution in [3.8, 4) is 0 Å². The fourth-order valence-electron chi connectivity index (χ4n) is 3.44. The Hall–Kier alpha value is -2.84. The lowest BCUT2D eigenvalue weighted by Crippen LogP contribution is -2.39. The van der Waals surface area contributed by atoms with Crippen molar-refractivity contribution in [1.82, 2.24) is 23.7 Å². The maximum atomic E-state index is 13.1. The molecule has 4 aromatic rings. The summed E-state index contributed by atoms with van der Waals surface area (Å²) in [5.74, 6) is 0.548. The van der Waals surface area contributed by atoms with Crippen LogP contribution in [0.3, 0.4) is 0 Å². The number of benzene rings is 1. The summed E-state index contributed by atoms with van der Waals surface area (Å²) in [6.45, 7) is 1.89. The standard InChI is InChI=1S/C18H19ClN6O2/c1-9(20)15-22-16-14(23(15)2)17(26)25(18(27)24(16)3)8-10-7-11-12(19)5-4-6-13(11)21-10/h4-7,9,21H,8,20H2,1-3H3/t9-/m1/s1. The number of imidazole rings is 1. The SMILES string of the molecule is C[C@@H](N)c1nc2c(c(=O)n(Cc3cc4c(Cl)cccc4[nH]3)c(=O)n2C)n1C. The van der Waals surface area contributed by atoms with Gasteiger partial charge in [0.15, 0.2) is 11.2 Å². The van der Waals surface area contributed by atoms with Crippen molar-refractivity contribution in [1.29, 1.82) is 0 Å². The Morgan fingerprint density at radius 3 is 2.67 bits per heavy atom. The Bertz CT molecular complexity index is 1310. The third kappa shape index (κ3) is 2.60. The molecule has 0 unspecified atom stereocenters. The number of nitrogens with two attached hydrogens (primary N) is 1. The molecule has 0 aliphatic heterocycles. The van der Waals surface area contributed by atoms with Gasteiger partial charge in [-0.3, -0.25) is 13.9 Å². The van der Waals surface area contributed by atoms with E-state index in [1.165, 1.54) is 9.13 Å². The summed E-state index contributed by atoms with van der Waals surface area (Å²) in [4.78, 5) is 33.4. The lowest BCUT2D eigenvalue weighted by atomic mass is 10.2. The molecule has 1 aromatic carbocycles. The Morgan fingerprint density at radius 1 is 1.26 bits per heavy atom. The number of rotatable bonds is 3. The van der Waals surface area contributed by atoms with Gasteiger partial charge < -0.3 is 15.3 Å². The quantitative estimate of drug-likeness (QED) is 0.558. The fraction of sp³-hybridized carbons (Fsp3) is 0.278. The third-order valence-corrected chi connectivity index (χ3v) is 5.13. The van der Waals surface area contributed by atoms with Gasteiger partial charge in [0.1, 0.15) is 5.82 Å². The van der Waals surface area contributed by atoms with Crippen LogP contribution in [0.5, 0.6) is 0 Å². The molecule has 8 nitrogen and oxygen atoms in total. The number of fused-ring (bicyclic) bond motifs is 2. The molecule has 0 aliphatic carbocycles. The van der Waals surface area contributed by atoms with Crippen molar-refractivity contribution in [3.63, 3.8) is 0 Å². The summed E-state index contributed by atoms with van der Waals surface area (Å²) in [5, 5.41) is 1.46. The first kappa shape index (κ1) is 17.6. The van der Waals surface area contributed by atoms with Crippen LogP contribution >= 0.6 is 11.6 Å². The number of nitrogens with zero attached hydrogens (tertiary/aromatic N) is 4. The largest absolute Gasteiger partial charge is 0.357 e. The average Bonchev–Trinajstić information content (AvgIpc) is 3.19. The number of aromatic nitrogens is 5. The van der Waals surface area contributed by atoms with Crippen LogP contribution in [-0.2, 0) is 20.6 Å². The summed E-state index contributed by atoms with van der Waals surface area (Å²) in [5.41, 5.74) is 7.34. The van der Waals surface area contributed by atoms with E-state index in [1.807, 2.05) is 18.2 Å². The lowest BCUT2D eigenvalue weighted by Gasteiger charge is -2.08. The first-order valence-corrected chi connectivity index (χ1v) is 8.85. The number of halogens is 1. The number of H-pyrrole nitrogens is 1. The van der Waals surface area contributed by atoms with E-state index in [9.17, 15) is 9.59 Å². The molecule has 9 heteroatoms. The van der Waals surface area contributed by atoms with Gasteiger partial charge in [0.05, 0.1) is 12.6 Å². The number of hydrogen-bond acceptors (Lipinski definition) is 4. The minimum Gasteiger partial charge on any atom is -0.357 e. The van der Waals surface area contributed by atoms with Gasteiger partial charge in [0, 0.05) is 35.7 Å². The topological polar surface area (TPSA) is 104 Å². The molecule has 0 saturated heterocycles. The van der Waals surface area contributed by atoms with E-state index in [2.05, 4.69) is 9.97 Å². The van der Waals surface area contributed by atoms with Crippen molar-refractivity contribution in [2.75, 3.05) is 0 Å². The predicted molar refractivity (Wildman–Crippen MR) is 105 cm³/mol. The van der Waals surface area contributed by atoms with Gasteiger partial charge in [-0.2, -0.15) is 0 Å². The normalized spacial score (nSPS) is 12.9.